The maximum atomic E-state index is 12.1. The summed E-state index contributed by atoms with van der Waals surface area (Å²) in [6.07, 6.45) is 2.95. The maximum absolute atomic E-state index is 12.1. The molecule has 0 radical (unpaired) electrons. The first-order valence-electron chi connectivity index (χ1n) is 7.70. The Labute approximate surface area is 141 Å². The van der Waals surface area contributed by atoms with Crippen LogP contribution in [0.3, 0.4) is 0 Å². The van der Waals surface area contributed by atoms with Crippen molar-refractivity contribution < 1.29 is 4.79 Å². The third-order valence-corrected chi connectivity index (χ3v) is 4.86. The smallest absolute Gasteiger partial charge is 0.234 e. The van der Waals surface area contributed by atoms with Crippen LogP contribution in [0.2, 0.25) is 0 Å². The molecule has 0 aliphatic carbocycles. The fourth-order valence-corrected chi connectivity index (χ4v) is 3.51. The van der Waals surface area contributed by atoms with Crippen LogP contribution in [0.25, 0.3) is 15.9 Å². The number of carbonyl (C=O) groups excluding carboxylic acids is 1. The third kappa shape index (κ3) is 2.76. The number of nitrogens with zero attached hydrogens (tertiary/aromatic N) is 4. The Balaban J connectivity index is 1.35. The van der Waals surface area contributed by atoms with Gasteiger partial charge in [0.05, 0.1) is 0 Å². The summed E-state index contributed by atoms with van der Waals surface area (Å²) in [5, 5.41) is 17.4. The Bertz CT molecular complexity index is 1010. The van der Waals surface area contributed by atoms with Crippen LogP contribution < -0.4 is 5.32 Å². The lowest BCUT2D eigenvalue weighted by molar-refractivity contribution is -0.121. The molecule has 0 spiro atoms. The number of aromatic amines is 1. The number of rotatable bonds is 5. The number of benzene rings is 1. The van der Waals surface area contributed by atoms with E-state index in [1.807, 2.05) is 31.3 Å². The lowest BCUT2D eigenvalue weighted by Gasteiger charge is -2.03. The molecule has 3 aromatic heterocycles. The van der Waals surface area contributed by atoms with Gasteiger partial charge in [-0.2, -0.15) is 9.61 Å². The van der Waals surface area contributed by atoms with Crippen molar-refractivity contribution in [2.45, 2.75) is 26.3 Å². The average Bonchev–Trinajstić information content (AvgIpc) is 3.27. The molecule has 3 heterocycles. The van der Waals surface area contributed by atoms with Crippen LogP contribution in [0.1, 0.15) is 22.8 Å². The molecule has 1 aromatic carbocycles. The number of para-hydroxylation sites is 1. The van der Waals surface area contributed by atoms with Gasteiger partial charge in [0, 0.05) is 36.5 Å². The highest BCUT2D eigenvalue weighted by atomic mass is 32.1. The van der Waals surface area contributed by atoms with Crippen LogP contribution in [0, 0.1) is 6.92 Å². The largest absolute Gasteiger partial charge is 0.361 e. The van der Waals surface area contributed by atoms with E-state index < -0.39 is 0 Å². The second-order valence-electron chi connectivity index (χ2n) is 5.57. The lowest BCUT2D eigenvalue weighted by Crippen LogP contribution is -2.22. The highest BCUT2D eigenvalue weighted by Crippen LogP contribution is 2.18. The predicted molar refractivity (Wildman–Crippen MR) is 91.9 cm³/mol. The van der Waals surface area contributed by atoms with Crippen LogP contribution in [0.5, 0.6) is 0 Å². The molecule has 4 rings (SSSR count). The lowest BCUT2D eigenvalue weighted by atomic mass is 10.2. The molecule has 0 bridgehead atoms. The van der Waals surface area contributed by atoms with Crippen LogP contribution in [-0.4, -0.2) is 30.7 Å². The van der Waals surface area contributed by atoms with Gasteiger partial charge in [-0.25, -0.2) is 0 Å². The summed E-state index contributed by atoms with van der Waals surface area (Å²) in [6.45, 7) is 2.38. The average molecular weight is 340 g/mol. The van der Waals surface area contributed by atoms with Crippen LogP contribution in [0.15, 0.2) is 30.5 Å². The molecule has 122 valence electrons. The summed E-state index contributed by atoms with van der Waals surface area (Å²) in [5.74, 6) is 0.777. The molecule has 4 aromatic rings. The zero-order valence-electron chi connectivity index (χ0n) is 13.1. The fraction of sp³-hybridized carbons (Fsp3) is 0.250. The predicted octanol–water partition coefficient (Wildman–Crippen LogP) is 2.22. The molecule has 0 atom stereocenters. The van der Waals surface area contributed by atoms with Crippen LogP contribution in [0.4, 0.5) is 0 Å². The van der Waals surface area contributed by atoms with Gasteiger partial charge in [0.25, 0.3) is 0 Å². The minimum Gasteiger partial charge on any atom is -0.361 e. The van der Waals surface area contributed by atoms with E-state index in [1.54, 1.807) is 4.52 Å². The monoisotopic (exact) mass is 340 g/mol. The van der Waals surface area contributed by atoms with E-state index >= 15 is 0 Å². The Morgan fingerprint density at radius 3 is 3.08 bits per heavy atom. The second-order valence-corrected chi connectivity index (χ2v) is 6.61. The first-order chi connectivity index (χ1) is 11.7. The highest BCUT2D eigenvalue weighted by Gasteiger charge is 2.11. The van der Waals surface area contributed by atoms with Crippen molar-refractivity contribution >= 4 is 33.1 Å². The van der Waals surface area contributed by atoms with E-state index in [1.165, 1.54) is 11.3 Å². The number of hydrogen-bond acceptors (Lipinski definition) is 5. The van der Waals surface area contributed by atoms with Crippen molar-refractivity contribution in [2.24, 2.45) is 0 Å². The molecule has 0 aliphatic rings. The van der Waals surface area contributed by atoms with Crippen molar-refractivity contribution in [3.05, 3.63) is 46.9 Å². The Kier molecular flexibility index (Phi) is 3.73. The standard InChI is InChI=1S/C16H16N6OS/c1-10-19-20-16-22(10)21-15(24-16)7-6-14(23)18-9-11-8-17-13-5-3-2-4-12(11)13/h2-5,8,17H,6-7,9H2,1H3,(H,18,23). The van der Waals surface area contributed by atoms with Crippen molar-refractivity contribution in [1.82, 2.24) is 30.1 Å². The summed E-state index contributed by atoms with van der Waals surface area (Å²) in [6, 6.07) is 8.06. The molecule has 0 aliphatic heterocycles. The number of H-pyrrole nitrogens is 1. The van der Waals surface area contributed by atoms with Crippen molar-refractivity contribution in [3.63, 3.8) is 0 Å². The van der Waals surface area contributed by atoms with E-state index in [-0.39, 0.29) is 5.91 Å². The first kappa shape index (κ1) is 14.8. The second kappa shape index (κ2) is 6.04. The van der Waals surface area contributed by atoms with Gasteiger partial charge in [-0.05, 0) is 18.6 Å². The van der Waals surface area contributed by atoms with Gasteiger partial charge >= 0.3 is 0 Å². The number of amides is 1. The van der Waals surface area contributed by atoms with Gasteiger partial charge in [-0.15, -0.1) is 10.2 Å². The minimum absolute atomic E-state index is 0.0166. The molecule has 0 saturated heterocycles. The summed E-state index contributed by atoms with van der Waals surface area (Å²) < 4.78 is 1.71. The molecule has 7 nitrogen and oxygen atoms in total. The normalized spacial score (nSPS) is 11.4. The Hall–Kier alpha value is -2.74. The number of aryl methyl sites for hydroxylation is 2. The number of aromatic nitrogens is 5. The van der Waals surface area contributed by atoms with Gasteiger partial charge < -0.3 is 10.3 Å². The quantitative estimate of drug-likeness (QED) is 0.583. The maximum Gasteiger partial charge on any atom is 0.234 e. The molecular formula is C16H16N6OS. The van der Waals surface area contributed by atoms with Crippen LogP contribution in [-0.2, 0) is 17.8 Å². The molecule has 1 amide bonds. The molecule has 0 fully saturated rings. The first-order valence-corrected chi connectivity index (χ1v) is 8.52. The minimum atomic E-state index is 0.0166. The van der Waals surface area contributed by atoms with E-state index in [0.717, 1.165) is 32.3 Å². The van der Waals surface area contributed by atoms with Crippen molar-refractivity contribution in [2.75, 3.05) is 0 Å². The summed E-state index contributed by atoms with van der Waals surface area (Å²) in [7, 11) is 0. The van der Waals surface area contributed by atoms with Crippen molar-refractivity contribution in [1.29, 1.82) is 0 Å². The summed E-state index contributed by atoms with van der Waals surface area (Å²) in [5.41, 5.74) is 2.17. The third-order valence-electron chi connectivity index (χ3n) is 3.91. The van der Waals surface area contributed by atoms with E-state index in [0.29, 0.717) is 19.4 Å². The fourth-order valence-electron chi connectivity index (χ4n) is 2.64. The molecule has 0 saturated carbocycles. The van der Waals surface area contributed by atoms with E-state index in [4.69, 9.17) is 0 Å². The van der Waals surface area contributed by atoms with Gasteiger partial charge in [-0.1, -0.05) is 29.5 Å². The van der Waals surface area contributed by atoms with E-state index in [9.17, 15) is 4.79 Å². The summed E-state index contributed by atoms with van der Waals surface area (Å²) >= 11 is 1.47. The van der Waals surface area contributed by atoms with Gasteiger partial charge in [0.15, 0.2) is 5.82 Å². The number of hydrogen-bond donors (Lipinski definition) is 2. The van der Waals surface area contributed by atoms with Crippen LogP contribution >= 0.6 is 11.3 Å². The molecule has 8 heteroatoms. The zero-order chi connectivity index (χ0) is 16.5. The molecule has 2 N–H and O–H groups in total. The summed E-state index contributed by atoms with van der Waals surface area (Å²) in [4.78, 5) is 16.1. The van der Waals surface area contributed by atoms with E-state index in [2.05, 4.69) is 31.7 Å². The van der Waals surface area contributed by atoms with Gasteiger partial charge in [-0.3, -0.25) is 4.79 Å². The number of nitrogens with one attached hydrogen (secondary N) is 2. The molecule has 24 heavy (non-hydrogen) atoms. The van der Waals surface area contributed by atoms with Gasteiger partial charge in [0.2, 0.25) is 10.9 Å². The zero-order valence-corrected chi connectivity index (χ0v) is 13.9. The number of carbonyl (C=O) groups is 1. The number of fused-ring (bicyclic) bond motifs is 2. The topological polar surface area (TPSA) is 88.0 Å². The van der Waals surface area contributed by atoms with Gasteiger partial charge in [0.1, 0.15) is 5.01 Å². The Morgan fingerprint density at radius 1 is 1.33 bits per heavy atom. The highest BCUT2D eigenvalue weighted by molar-refractivity contribution is 7.16. The van der Waals surface area contributed by atoms with Crippen molar-refractivity contribution in [3.8, 4) is 0 Å². The SMILES string of the molecule is Cc1nnc2sc(CCC(=O)NCc3c[nH]c4ccccc34)nn12. The molecule has 0 unspecified atom stereocenters. The Morgan fingerprint density at radius 2 is 2.21 bits per heavy atom. The molecular weight excluding hydrogens is 324 g/mol.